The first-order valence-electron chi connectivity index (χ1n) is 11.1. The maximum absolute atomic E-state index is 12.4. The summed E-state index contributed by atoms with van der Waals surface area (Å²) in [4.78, 5) is 33.4. The molecule has 33 heavy (non-hydrogen) atoms. The lowest BCUT2D eigenvalue weighted by atomic mass is 10.1. The number of nitrogens with zero attached hydrogens (tertiary/aromatic N) is 3. The summed E-state index contributed by atoms with van der Waals surface area (Å²) in [6, 6.07) is 11.1. The van der Waals surface area contributed by atoms with Gasteiger partial charge in [0.05, 0.1) is 26.8 Å². The van der Waals surface area contributed by atoms with Crippen molar-refractivity contribution in [1.82, 2.24) is 15.2 Å². The van der Waals surface area contributed by atoms with Crippen molar-refractivity contribution in [1.29, 1.82) is 0 Å². The van der Waals surface area contributed by atoms with E-state index in [1.54, 1.807) is 19.2 Å². The zero-order valence-electron chi connectivity index (χ0n) is 19.5. The standard InChI is InChI=1S/C24H33N5O4/c1-28-12-14-29(15-13-28)19-6-4-18(5-7-19)10-11-25-21(24(31)33-3)16-23(30)27-22-9-8-20(32-2)17-26-22/h4-9,17,21,25H,10-16H2,1-3H3,(H,26,27,30). The fourth-order valence-electron chi connectivity index (χ4n) is 3.66. The van der Waals surface area contributed by atoms with Gasteiger partial charge in [-0.2, -0.15) is 0 Å². The average molecular weight is 456 g/mol. The third-order valence-electron chi connectivity index (χ3n) is 5.72. The number of likely N-dealkylation sites (N-methyl/N-ethyl adjacent to an activating group) is 1. The van der Waals surface area contributed by atoms with Crippen LogP contribution in [-0.4, -0.2) is 81.8 Å². The van der Waals surface area contributed by atoms with Gasteiger partial charge < -0.3 is 29.9 Å². The first-order valence-corrected chi connectivity index (χ1v) is 11.1. The van der Waals surface area contributed by atoms with Crippen LogP contribution in [0.5, 0.6) is 5.75 Å². The molecule has 1 saturated heterocycles. The number of hydrogen-bond donors (Lipinski definition) is 2. The molecule has 1 unspecified atom stereocenters. The van der Waals surface area contributed by atoms with Crippen LogP contribution in [0.4, 0.5) is 11.5 Å². The zero-order chi connectivity index (χ0) is 23.6. The van der Waals surface area contributed by atoms with Crippen molar-refractivity contribution in [3.8, 4) is 5.75 Å². The molecule has 1 aliphatic heterocycles. The highest BCUT2D eigenvalue weighted by atomic mass is 16.5. The third kappa shape index (κ3) is 7.44. The lowest BCUT2D eigenvalue weighted by Gasteiger charge is -2.34. The van der Waals surface area contributed by atoms with E-state index in [0.717, 1.165) is 38.2 Å². The largest absolute Gasteiger partial charge is 0.495 e. The molecule has 0 saturated carbocycles. The number of hydrogen-bond acceptors (Lipinski definition) is 8. The molecule has 2 N–H and O–H groups in total. The molecule has 9 heteroatoms. The highest BCUT2D eigenvalue weighted by molar-refractivity contribution is 5.93. The minimum absolute atomic E-state index is 0.0529. The van der Waals surface area contributed by atoms with Crippen LogP contribution in [0.2, 0.25) is 0 Å². The zero-order valence-corrected chi connectivity index (χ0v) is 19.5. The summed E-state index contributed by atoms with van der Waals surface area (Å²) < 4.78 is 9.92. The summed E-state index contributed by atoms with van der Waals surface area (Å²) >= 11 is 0. The number of rotatable bonds is 10. The van der Waals surface area contributed by atoms with E-state index in [9.17, 15) is 9.59 Å². The molecule has 2 aromatic rings. The Morgan fingerprint density at radius 1 is 1.06 bits per heavy atom. The summed E-state index contributed by atoms with van der Waals surface area (Å²) in [5.74, 6) is 0.189. The average Bonchev–Trinajstić information content (AvgIpc) is 2.84. The first-order chi connectivity index (χ1) is 16.0. The van der Waals surface area contributed by atoms with Gasteiger partial charge in [-0.1, -0.05) is 12.1 Å². The second-order valence-corrected chi connectivity index (χ2v) is 8.07. The van der Waals surface area contributed by atoms with Gasteiger partial charge >= 0.3 is 5.97 Å². The molecule has 1 amide bonds. The minimum atomic E-state index is -0.738. The number of aromatic nitrogens is 1. The van der Waals surface area contributed by atoms with E-state index < -0.39 is 12.0 Å². The predicted octanol–water partition coefficient (Wildman–Crippen LogP) is 1.54. The molecular formula is C24H33N5O4. The molecule has 3 rings (SSSR count). The van der Waals surface area contributed by atoms with Crippen LogP contribution in [0.1, 0.15) is 12.0 Å². The Labute approximate surface area is 195 Å². The van der Waals surface area contributed by atoms with Gasteiger partial charge in [-0.05, 0) is 49.8 Å². The van der Waals surface area contributed by atoms with Crippen LogP contribution in [-0.2, 0) is 20.7 Å². The Morgan fingerprint density at radius 2 is 1.79 bits per heavy atom. The van der Waals surface area contributed by atoms with Crippen molar-refractivity contribution in [3.05, 3.63) is 48.2 Å². The molecule has 0 aliphatic carbocycles. The molecule has 178 valence electrons. The highest BCUT2D eigenvalue weighted by Crippen LogP contribution is 2.17. The quantitative estimate of drug-likeness (QED) is 0.521. The lowest BCUT2D eigenvalue weighted by Crippen LogP contribution is -2.44. The van der Waals surface area contributed by atoms with Gasteiger partial charge in [-0.15, -0.1) is 0 Å². The van der Waals surface area contributed by atoms with Crippen molar-refractivity contribution in [3.63, 3.8) is 0 Å². The summed E-state index contributed by atoms with van der Waals surface area (Å²) in [5.41, 5.74) is 2.40. The molecule has 1 aromatic carbocycles. The Kier molecular flexibility index (Phi) is 9.03. The van der Waals surface area contributed by atoms with Gasteiger partial charge in [0.1, 0.15) is 17.6 Å². The van der Waals surface area contributed by atoms with Gasteiger partial charge in [0.25, 0.3) is 0 Å². The summed E-state index contributed by atoms with van der Waals surface area (Å²) in [5, 5.41) is 5.83. The van der Waals surface area contributed by atoms with Gasteiger partial charge in [0.15, 0.2) is 0 Å². The number of piperazine rings is 1. The summed E-state index contributed by atoms with van der Waals surface area (Å²) in [6.45, 7) is 4.76. The van der Waals surface area contributed by atoms with E-state index in [1.165, 1.54) is 19.0 Å². The molecule has 0 spiro atoms. The van der Waals surface area contributed by atoms with Gasteiger partial charge in [-0.25, -0.2) is 4.98 Å². The lowest BCUT2D eigenvalue weighted by molar-refractivity contribution is -0.144. The topological polar surface area (TPSA) is 96.0 Å². The number of benzene rings is 1. The summed E-state index contributed by atoms with van der Waals surface area (Å²) in [6.07, 6.45) is 2.20. The smallest absolute Gasteiger partial charge is 0.323 e. The van der Waals surface area contributed by atoms with Crippen molar-refractivity contribution in [2.45, 2.75) is 18.9 Å². The molecule has 9 nitrogen and oxygen atoms in total. The van der Waals surface area contributed by atoms with Crippen LogP contribution in [0.25, 0.3) is 0 Å². The number of amides is 1. The van der Waals surface area contributed by atoms with Crippen molar-refractivity contribution < 1.29 is 19.1 Å². The number of methoxy groups -OCH3 is 2. The predicted molar refractivity (Wildman–Crippen MR) is 128 cm³/mol. The highest BCUT2D eigenvalue weighted by Gasteiger charge is 2.22. The van der Waals surface area contributed by atoms with E-state index in [4.69, 9.17) is 9.47 Å². The molecule has 1 aromatic heterocycles. The van der Waals surface area contributed by atoms with Gasteiger partial charge in [0, 0.05) is 31.9 Å². The normalized spacial score (nSPS) is 15.1. The Hall–Kier alpha value is -3.17. The number of anilines is 2. The molecule has 0 radical (unpaired) electrons. The van der Waals surface area contributed by atoms with Crippen LogP contribution in [0.15, 0.2) is 42.6 Å². The van der Waals surface area contributed by atoms with E-state index in [1.807, 2.05) is 0 Å². The maximum Gasteiger partial charge on any atom is 0.323 e. The second-order valence-electron chi connectivity index (χ2n) is 8.07. The SMILES string of the molecule is COC(=O)C(CC(=O)Nc1ccc(OC)cn1)NCCc1ccc(N2CCN(C)CC2)cc1. The van der Waals surface area contributed by atoms with Crippen LogP contribution >= 0.6 is 0 Å². The van der Waals surface area contributed by atoms with Crippen LogP contribution in [0.3, 0.4) is 0 Å². The van der Waals surface area contributed by atoms with Gasteiger partial charge in [0.2, 0.25) is 5.91 Å². The first kappa shape index (κ1) is 24.5. The van der Waals surface area contributed by atoms with Crippen LogP contribution < -0.4 is 20.3 Å². The van der Waals surface area contributed by atoms with E-state index >= 15 is 0 Å². The Balaban J connectivity index is 1.47. The number of carbonyl (C=O) groups excluding carboxylic acids is 2. The Morgan fingerprint density at radius 3 is 2.39 bits per heavy atom. The van der Waals surface area contributed by atoms with Crippen molar-refractivity contribution in [2.24, 2.45) is 0 Å². The molecule has 1 aliphatic rings. The fraction of sp³-hybridized carbons (Fsp3) is 0.458. The second kappa shape index (κ2) is 12.2. The Bertz CT molecular complexity index is 896. The maximum atomic E-state index is 12.4. The molecule has 0 bridgehead atoms. The molecule has 1 fully saturated rings. The molecule has 1 atom stereocenters. The minimum Gasteiger partial charge on any atom is -0.495 e. The van der Waals surface area contributed by atoms with E-state index in [-0.39, 0.29) is 12.3 Å². The fourth-order valence-corrected chi connectivity index (χ4v) is 3.66. The number of nitrogens with one attached hydrogen (secondary N) is 2. The molecule has 2 heterocycles. The third-order valence-corrected chi connectivity index (χ3v) is 5.72. The summed E-state index contributed by atoms with van der Waals surface area (Å²) in [7, 11) is 5.01. The van der Waals surface area contributed by atoms with E-state index in [2.05, 4.69) is 56.7 Å². The van der Waals surface area contributed by atoms with Gasteiger partial charge in [-0.3, -0.25) is 9.59 Å². The van der Waals surface area contributed by atoms with Crippen molar-refractivity contribution >= 4 is 23.4 Å². The number of esters is 1. The number of carbonyl (C=O) groups is 2. The monoisotopic (exact) mass is 455 g/mol. The number of pyridine rings is 1. The van der Waals surface area contributed by atoms with Crippen molar-refractivity contribution in [2.75, 3.05) is 64.2 Å². The number of ether oxygens (including phenoxy) is 2. The van der Waals surface area contributed by atoms with Crippen LogP contribution in [0, 0.1) is 0 Å². The van der Waals surface area contributed by atoms with E-state index in [0.29, 0.717) is 18.1 Å². The molecular weight excluding hydrogens is 422 g/mol.